The van der Waals surface area contributed by atoms with E-state index in [0.717, 1.165) is 31.0 Å². The van der Waals surface area contributed by atoms with E-state index in [0.29, 0.717) is 32.4 Å². The SMILES string of the molecule is CO[C@H]1/C=C/O[C@@]2(C)Oc3c(C)c(O)c4c(c3C2=O)C(=O)C(N2CCC(N(C)C3(C5CCN(c6nc7c(cc6F)c(=O)c(C)cn7-c6ccc(F)cc6F)C5)CC3)CC2)=C(NC(=O)/C(C)=C\C=C\[C@H](C)[C@H](O)[C@@H](C)[C@@H](O)[C@@H](C)[C@H](OC(C)=O)[C@@H]1C)C4=O. The highest BCUT2D eigenvalue weighted by Gasteiger charge is 2.57. The summed E-state index contributed by atoms with van der Waals surface area (Å²) < 4.78 is 70.7. The maximum atomic E-state index is 16.2. The number of fused-ring (bicyclic) bond motifs is 15. The number of hydrogen-bond donors (Lipinski definition) is 4. The van der Waals surface area contributed by atoms with Crippen molar-refractivity contribution in [3.63, 3.8) is 0 Å². The van der Waals surface area contributed by atoms with Gasteiger partial charge in [-0.3, -0.25) is 38.2 Å². The van der Waals surface area contributed by atoms with Gasteiger partial charge in [-0.1, -0.05) is 45.9 Å². The number of methoxy groups -OCH3 is 1. The maximum absolute atomic E-state index is 16.2. The molecule has 0 spiro atoms. The number of carbonyl (C=O) groups excluding carboxylic acids is 5. The van der Waals surface area contributed by atoms with Crippen molar-refractivity contribution in [3.8, 4) is 17.2 Å². The van der Waals surface area contributed by atoms with Crippen LogP contribution in [0.25, 0.3) is 16.7 Å². The lowest BCUT2D eigenvalue weighted by molar-refractivity contribution is -0.160. The number of ketones is 3. The quantitative estimate of drug-likeness (QED) is 0.123. The molecule has 4 aromatic rings. The summed E-state index contributed by atoms with van der Waals surface area (Å²) in [5.74, 6) is -12.0. The lowest BCUT2D eigenvalue weighted by Gasteiger charge is -2.44. The molecule has 5 aliphatic heterocycles. The van der Waals surface area contributed by atoms with Crippen LogP contribution in [0.1, 0.15) is 123 Å². The number of hydrogen-bond acceptors (Lipinski definition) is 17. The van der Waals surface area contributed by atoms with Gasteiger partial charge in [-0.05, 0) is 90.1 Å². The summed E-state index contributed by atoms with van der Waals surface area (Å²) in [5.41, 5.74) is -2.32. The number of amides is 1. The van der Waals surface area contributed by atoms with Crippen molar-refractivity contribution in [1.82, 2.24) is 24.7 Å². The molecule has 2 aliphatic carbocycles. The molecule has 10 atom stereocenters. The molecule has 19 nitrogen and oxygen atoms in total. The fourth-order valence-corrected chi connectivity index (χ4v) is 13.8. The van der Waals surface area contributed by atoms with Crippen LogP contribution >= 0.6 is 0 Å². The van der Waals surface area contributed by atoms with Crippen molar-refractivity contribution >= 4 is 46.1 Å². The molecule has 1 amide bonds. The number of nitrogens with zero attached hydrogens (tertiary/aromatic N) is 5. The Hall–Kier alpha value is -7.66. The third kappa shape index (κ3) is 11.0. The van der Waals surface area contributed by atoms with Gasteiger partial charge in [0.2, 0.25) is 11.6 Å². The number of anilines is 1. The summed E-state index contributed by atoms with van der Waals surface area (Å²) in [6.45, 7) is 15.1. The zero-order chi connectivity index (χ0) is 63.0. The minimum absolute atomic E-state index is 0.00262. The Morgan fingerprint density at radius 3 is 2.21 bits per heavy atom. The number of allylic oxidation sites excluding steroid dienone is 4. The molecule has 87 heavy (non-hydrogen) atoms. The topological polar surface area (TPSA) is 240 Å². The van der Waals surface area contributed by atoms with Gasteiger partial charge in [-0.2, -0.15) is 0 Å². The summed E-state index contributed by atoms with van der Waals surface area (Å²) in [6, 6.07) is 4.13. The lowest BCUT2D eigenvalue weighted by Crippen LogP contribution is -2.52. The van der Waals surface area contributed by atoms with E-state index in [2.05, 4.69) is 15.2 Å². The van der Waals surface area contributed by atoms with Crippen LogP contribution < -0.4 is 20.4 Å². The zero-order valence-electron chi connectivity index (χ0n) is 50.7. The molecule has 2 aromatic heterocycles. The Morgan fingerprint density at radius 2 is 1.55 bits per heavy atom. The summed E-state index contributed by atoms with van der Waals surface area (Å²) in [4.78, 5) is 96.3. The number of nitrogens with one attached hydrogen (secondary N) is 1. The number of aliphatic hydroxyl groups is 2. The second-order valence-corrected chi connectivity index (χ2v) is 24.6. The van der Waals surface area contributed by atoms with Crippen LogP contribution in [-0.4, -0.2) is 146 Å². The van der Waals surface area contributed by atoms with E-state index in [4.69, 9.17) is 18.9 Å². The van der Waals surface area contributed by atoms with Gasteiger partial charge in [-0.15, -0.1) is 0 Å². The van der Waals surface area contributed by atoms with Gasteiger partial charge in [0.15, 0.2) is 22.7 Å². The number of piperidine rings is 1. The van der Waals surface area contributed by atoms with Crippen molar-refractivity contribution in [1.29, 1.82) is 0 Å². The van der Waals surface area contributed by atoms with Crippen LogP contribution in [0.15, 0.2) is 82.8 Å². The molecular formula is C65H75F3N6O13. The molecule has 464 valence electrons. The molecule has 3 fully saturated rings. The Morgan fingerprint density at radius 1 is 0.862 bits per heavy atom. The van der Waals surface area contributed by atoms with Gasteiger partial charge in [0.05, 0.1) is 52.3 Å². The first-order valence-electron chi connectivity index (χ1n) is 29.6. The standard InChI is InChI=1S/C65H75F3N6O13/c1-31-13-12-14-32(2)63(83)69-50-51(57(81)47-48(56(50)80)55(79)37(7)59-49(47)60(82)64(9,87-59)85-26-20-46(84-11)34(4)58(86-38(8)75)36(6)54(78)35(5)52(31)76)72-24-18-41(19-25-72)71(10)65(21-22-65)39-17-23-73(30-39)62-44(68)28-42-53(77)33(3)29-74(61(42)70-62)45-16-15-40(66)27-43(45)67/h12-16,20,26-29,31,34-36,39,41,46,52,54,58,76,78-79H,17-19,21-25,30H2,1-11H3,(H,69,83)/b13-12+,26-20+,32-14-/t31-,34+,35+,36+,39?,46-,52-,54+,58+,64-/m0/s1. The van der Waals surface area contributed by atoms with Gasteiger partial charge in [0, 0.05) is 111 Å². The fraction of sp³-hybridized carbons (Fsp3) is 0.492. The van der Waals surface area contributed by atoms with E-state index >= 15 is 18.4 Å². The summed E-state index contributed by atoms with van der Waals surface area (Å²) >= 11 is 0. The minimum Gasteiger partial charge on any atom is -0.507 e. The van der Waals surface area contributed by atoms with Crippen molar-refractivity contribution in [2.24, 2.45) is 29.6 Å². The summed E-state index contributed by atoms with van der Waals surface area (Å²) in [5, 5.41) is 37.8. The number of ether oxygens (including phenoxy) is 4. The number of aromatic nitrogens is 2. The number of esters is 1. The molecule has 1 unspecified atom stereocenters. The van der Waals surface area contributed by atoms with Crippen molar-refractivity contribution < 1.29 is 71.4 Å². The highest BCUT2D eigenvalue weighted by molar-refractivity contribution is 6.32. The molecular weight excluding hydrogens is 1130 g/mol. The predicted molar refractivity (Wildman–Crippen MR) is 315 cm³/mol. The molecule has 0 radical (unpaired) electrons. The lowest BCUT2D eigenvalue weighted by atomic mass is 9.78. The minimum atomic E-state index is -2.16. The van der Waals surface area contributed by atoms with Crippen molar-refractivity contribution in [3.05, 3.63) is 133 Å². The number of carbonyl (C=O) groups is 5. The highest BCUT2D eigenvalue weighted by Crippen LogP contribution is 2.53. The number of aryl methyl sites for hydroxylation is 1. The van der Waals surface area contributed by atoms with Crippen LogP contribution in [-0.2, 0) is 23.8 Å². The van der Waals surface area contributed by atoms with Crippen LogP contribution in [0.2, 0.25) is 0 Å². The number of phenols is 1. The van der Waals surface area contributed by atoms with E-state index in [1.807, 2.05) is 11.9 Å². The van der Waals surface area contributed by atoms with Gasteiger partial charge < -0.3 is 49.4 Å². The third-order valence-electron chi connectivity index (χ3n) is 19.2. The third-order valence-corrected chi connectivity index (χ3v) is 19.2. The van der Waals surface area contributed by atoms with E-state index in [1.165, 1.54) is 77.0 Å². The molecule has 5 bridgehead atoms. The van der Waals surface area contributed by atoms with Crippen LogP contribution in [0.3, 0.4) is 0 Å². The van der Waals surface area contributed by atoms with E-state index in [1.54, 1.807) is 44.7 Å². The zero-order valence-corrected chi connectivity index (χ0v) is 50.7. The number of Topliss-reactive ketones (excluding diaryl/α,β-unsaturated/α-hetero) is 3. The first-order chi connectivity index (χ1) is 41.1. The second kappa shape index (κ2) is 23.8. The monoisotopic (exact) mass is 1200 g/mol. The first-order valence-corrected chi connectivity index (χ1v) is 29.6. The molecule has 2 aromatic carbocycles. The average molecular weight is 1210 g/mol. The largest absolute Gasteiger partial charge is 0.507 e. The van der Waals surface area contributed by atoms with Crippen LogP contribution in [0, 0.1) is 60.9 Å². The molecule has 11 rings (SSSR count). The number of likely N-dealkylation sites (tertiary alicyclic amines) is 1. The number of aromatic hydroxyl groups is 1. The Bertz CT molecular complexity index is 3700. The summed E-state index contributed by atoms with van der Waals surface area (Å²) in [6.07, 6.45) is 7.93. The second-order valence-electron chi connectivity index (χ2n) is 24.6. The van der Waals surface area contributed by atoms with Gasteiger partial charge >= 0.3 is 11.8 Å². The van der Waals surface area contributed by atoms with Gasteiger partial charge in [-0.25, -0.2) is 18.2 Å². The summed E-state index contributed by atoms with van der Waals surface area (Å²) in [7, 11) is 3.47. The van der Waals surface area contributed by atoms with Crippen LogP contribution in [0.4, 0.5) is 19.0 Å². The Kier molecular flexibility index (Phi) is 17.1. The van der Waals surface area contributed by atoms with E-state index < -0.39 is 129 Å². The van der Waals surface area contributed by atoms with Gasteiger partial charge in [0.25, 0.3) is 11.7 Å². The fourth-order valence-electron chi connectivity index (χ4n) is 13.8. The van der Waals surface area contributed by atoms with Crippen LogP contribution in [0.5, 0.6) is 11.5 Å². The number of aliphatic hydroxyl groups excluding tert-OH is 2. The molecule has 7 aliphatic rings. The number of pyridine rings is 2. The molecule has 7 heterocycles. The Balaban J connectivity index is 0.947. The molecule has 4 N–H and O–H groups in total. The normalized spacial score (nSPS) is 29.4. The van der Waals surface area contributed by atoms with Crippen molar-refractivity contribution in [2.75, 3.05) is 45.2 Å². The number of rotatable bonds is 8. The molecule has 2 saturated heterocycles. The van der Waals surface area contributed by atoms with Crippen molar-refractivity contribution in [2.45, 2.75) is 136 Å². The van der Waals surface area contributed by atoms with E-state index in [-0.39, 0.29) is 86.8 Å². The smallest absolute Gasteiger partial charge is 0.312 e. The number of phenolic OH excluding ortho intramolecular Hbond substituents is 1. The van der Waals surface area contributed by atoms with Gasteiger partial charge in [0.1, 0.15) is 40.6 Å². The highest BCUT2D eigenvalue weighted by atomic mass is 19.1. The average Bonchev–Trinajstić information content (AvgIpc) is 1.70. The van der Waals surface area contributed by atoms with E-state index in [9.17, 15) is 38.9 Å². The predicted octanol–water partition coefficient (Wildman–Crippen LogP) is 7.84. The first kappa shape index (κ1) is 62.4. The number of halogens is 3. The molecule has 22 heteroatoms. The number of benzene rings is 2. The molecule has 1 saturated carbocycles. The maximum Gasteiger partial charge on any atom is 0.312 e. The Labute approximate surface area is 502 Å².